The summed E-state index contributed by atoms with van der Waals surface area (Å²) in [4.78, 5) is 32.2. The number of hydrogen-bond acceptors (Lipinski definition) is 7. The highest BCUT2D eigenvalue weighted by Crippen LogP contribution is 2.59. The molecule has 15 heteroatoms. The molecular formula is C30H31F4N4O6P. The number of alkyl halides is 4. The van der Waals surface area contributed by atoms with Gasteiger partial charge in [0.1, 0.15) is 6.61 Å². The zero-order valence-electron chi connectivity index (χ0n) is 24.2. The fourth-order valence-corrected chi connectivity index (χ4v) is 5.08. The highest BCUT2D eigenvalue weighted by Gasteiger charge is 2.50. The standard InChI is InChI=1S/C30H31F4N4O6P/c1-20(2)44-19-28(27(39)43-18-23-6-4-3-5-7-23,17-22-10-14-25(15-11-22)30(33,34)45(40,41)42)16-21-8-12-24(13-9-21)29(31,32)26-35-37-38-36-26/h3-15,20H,16-19H2,1-2H3,(H2,40,41,42)(H,35,36,37,38). The predicted octanol–water partition coefficient (Wildman–Crippen LogP) is 5.51. The van der Waals surface area contributed by atoms with Crippen molar-refractivity contribution in [3.05, 3.63) is 113 Å². The lowest BCUT2D eigenvalue weighted by molar-refractivity contribution is -0.162. The van der Waals surface area contributed by atoms with Crippen LogP contribution in [-0.4, -0.2) is 49.1 Å². The van der Waals surface area contributed by atoms with E-state index in [0.717, 1.165) is 12.1 Å². The lowest BCUT2D eigenvalue weighted by Crippen LogP contribution is -2.42. The number of nitrogens with one attached hydrogen (secondary N) is 1. The first-order valence-corrected chi connectivity index (χ1v) is 15.3. The number of H-pyrrole nitrogens is 1. The van der Waals surface area contributed by atoms with Crippen molar-refractivity contribution in [2.75, 3.05) is 6.61 Å². The summed E-state index contributed by atoms with van der Waals surface area (Å²) in [5, 5.41) is 11.9. The molecule has 3 aromatic carbocycles. The fourth-order valence-electron chi connectivity index (χ4n) is 4.60. The molecule has 0 aliphatic carbocycles. The Labute approximate surface area is 255 Å². The Morgan fingerprint density at radius 2 is 1.42 bits per heavy atom. The summed E-state index contributed by atoms with van der Waals surface area (Å²) in [5.74, 6) is -5.04. The summed E-state index contributed by atoms with van der Waals surface area (Å²) < 4.78 is 81.4. The van der Waals surface area contributed by atoms with Crippen molar-refractivity contribution in [1.29, 1.82) is 0 Å². The molecule has 0 aliphatic rings. The van der Waals surface area contributed by atoms with Crippen LogP contribution in [0.25, 0.3) is 0 Å². The first-order valence-electron chi connectivity index (χ1n) is 13.7. The summed E-state index contributed by atoms with van der Waals surface area (Å²) in [5.41, 5.74) is -5.64. The SMILES string of the molecule is CC(C)OCC(Cc1ccc(C(F)(F)c2nn[nH]n2)cc1)(Cc1ccc(C(F)(F)P(=O)(O)O)cc1)C(=O)OCc1ccccc1. The highest BCUT2D eigenvalue weighted by atomic mass is 31.2. The van der Waals surface area contributed by atoms with Crippen LogP contribution in [-0.2, 0) is 49.9 Å². The van der Waals surface area contributed by atoms with E-state index < -0.39 is 47.5 Å². The number of tetrazole rings is 1. The van der Waals surface area contributed by atoms with E-state index in [-0.39, 0.29) is 32.2 Å². The van der Waals surface area contributed by atoms with Crippen LogP contribution in [0.4, 0.5) is 17.6 Å². The first kappa shape index (κ1) is 33.9. The summed E-state index contributed by atoms with van der Waals surface area (Å²) >= 11 is 0. The minimum absolute atomic E-state index is 0.0538. The molecule has 0 radical (unpaired) electrons. The van der Waals surface area contributed by atoms with Crippen molar-refractivity contribution in [1.82, 2.24) is 20.6 Å². The minimum Gasteiger partial charge on any atom is -0.460 e. The van der Waals surface area contributed by atoms with Crippen LogP contribution in [0, 0.1) is 5.41 Å². The van der Waals surface area contributed by atoms with E-state index in [1.165, 1.54) is 36.4 Å². The van der Waals surface area contributed by atoms with Gasteiger partial charge in [0.25, 0.3) is 0 Å². The van der Waals surface area contributed by atoms with Crippen molar-refractivity contribution in [3.8, 4) is 0 Å². The van der Waals surface area contributed by atoms with E-state index in [1.54, 1.807) is 44.2 Å². The number of halogens is 4. The van der Waals surface area contributed by atoms with Gasteiger partial charge in [-0.2, -0.15) is 22.8 Å². The van der Waals surface area contributed by atoms with Gasteiger partial charge < -0.3 is 19.3 Å². The number of aromatic amines is 1. The number of hydrogen-bond donors (Lipinski definition) is 3. The minimum atomic E-state index is -5.79. The average molecular weight is 651 g/mol. The van der Waals surface area contributed by atoms with Crippen LogP contribution in [0.5, 0.6) is 0 Å². The molecule has 1 aromatic heterocycles. The zero-order valence-corrected chi connectivity index (χ0v) is 25.1. The number of benzene rings is 3. The molecule has 0 bridgehead atoms. The molecule has 0 aliphatic heterocycles. The number of esters is 1. The number of ether oxygens (including phenoxy) is 2. The lowest BCUT2D eigenvalue weighted by Gasteiger charge is -2.33. The van der Waals surface area contributed by atoms with E-state index >= 15 is 0 Å². The number of aromatic nitrogens is 4. The van der Waals surface area contributed by atoms with E-state index in [9.17, 15) is 26.9 Å². The van der Waals surface area contributed by atoms with Crippen LogP contribution in [0.3, 0.4) is 0 Å². The Morgan fingerprint density at radius 1 is 0.867 bits per heavy atom. The van der Waals surface area contributed by atoms with Crippen LogP contribution in [0.2, 0.25) is 0 Å². The molecule has 0 saturated heterocycles. The van der Waals surface area contributed by atoms with Gasteiger partial charge in [0.2, 0.25) is 5.82 Å². The molecule has 4 rings (SSSR count). The van der Waals surface area contributed by atoms with E-state index in [1.807, 2.05) is 5.21 Å². The molecule has 0 amide bonds. The number of carbonyl (C=O) groups is 1. The molecule has 240 valence electrons. The van der Waals surface area contributed by atoms with Gasteiger partial charge in [-0.1, -0.05) is 78.9 Å². The third kappa shape index (κ3) is 8.01. The molecule has 3 N–H and O–H groups in total. The Hall–Kier alpha value is -3.97. The van der Waals surface area contributed by atoms with E-state index in [0.29, 0.717) is 16.7 Å². The maximum absolute atomic E-state index is 14.9. The van der Waals surface area contributed by atoms with Gasteiger partial charge in [-0.15, -0.1) is 10.2 Å². The molecule has 10 nitrogen and oxygen atoms in total. The number of rotatable bonds is 14. The van der Waals surface area contributed by atoms with Gasteiger partial charge in [-0.25, -0.2) is 0 Å². The highest BCUT2D eigenvalue weighted by molar-refractivity contribution is 7.52. The summed E-state index contributed by atoms with van der Waals surface area (Å²) in [6.07, 6.45) is -0.482. The Bertz CT molecular complexity index is 1600. The van der Waals surface area contributed by atoms with Gasteiger partial charge in [0.15, 0.2) is 0 Å². The number of nitrogens with zero attached hydrogens (tertiary/aromatic N) is 3. The maximum atomic E-state index is 14.9. The quantitative estimate of drug-likeness (QED) is 0.0914. The third-order valence-electron chi connectivity index (χ3n) is 7.03. The van der Waals surface area contributed by atoms with Crippen LogP contribution in [0.1, 0.15) is 47.5 Å². The summed E-state index contributed by atoms with van der Waals surface area (Å²) in [6.45, 7) is 3.26. The zero-order chi connectivity index (χ0) is 32.9. The fraction of sp³-hybridized carbons (Fsp3) is 0.333. The maximum Gasteiger partial charge on any atom is 0.399 e. The molecule has 4 aromatic rings. The first-order chi connectivity index (χ1) is 21.1. The van der Waals surface area contributed by atoms with Crippen LogP contribution >= 0.6 is 7.60 Å². The molecule has 1 unspecified atom stereocenters. The summed E-state index contributed by atoms with van der Waals surface area (Å²) in [6, 6.07) is 18.3. The monoisotopic (exact) mass is 650 g/mol. The van der Waals surface area contributed by atoms with Gasteiger partial charge in [0.05, 0.1) is 18.1 Å². The van der Waals surface area contributed by atoms with Gasteiger partial charge in [0, 0.05) is 11.1 Å². The Morgan fingerprint density at radius 3 is 1.91 bits per heavy atom. The van der Waals surface area contributed by atoms with Crippen LogP contribution < -0.4 is 0 Å². The predicted molar refractivity (Wildman–Crippen MR) is 153 cm³/mol. The number of carbonyl (C=O) groups excluding carboxylic acids is 1. The topological polar surface area (TPSA) is 148 Å². The molecule has 1 heterocycles. The van der Waals surface area contributed by atoms with Crippen molar-refractivity contribution >= 4 is 13.6 Å². The molecule has 45 heavy (non-hydrogen) atoms. The van der Waals surface area contributed by atoms with Crippen LogP contribution in [0.15, 0.2) is 78.9 Å². The van der Waals surface area contributed by atoms with Crippen molar-refractivity contribution < 1.29 is 46.2 Å². The summed E-state index contributed by atoms with van der Waals surface area (Å²) in [7, 11) is -5.79. The molecule has 1 atom stereocenters. The molecule has 0 spiro atoms. The normalized spacial score (nSPS) is 13.9. The second-order valence-corrected chi connectivity index (χ2v) is 12.5. The van der Waals surface area contributed by atoms with E-state index in [4.69, 9.17) is 19.3 Å². The average Bonchev–Trinajstić information content (AvgIpc) is 3.56. The van der Waals surface area contributed by atoms with Gasteiger partial charge >= 0.3 is 25.2 Å². The Balaban J connectivity index is 1.70. The Kier molecular flexibility index (Phi) is 10.2. The van der Waals surface area contributed by atoms with Gasteiger partial charge in [-0.05, 0) is 48.6 Å². The largest absolute Gasteiger partial charge is 0.460 e. The van der Waals surface area contributed by atoms with Gasteiger partial charge in [-0.3, -0.25) is 9.36 Å². The second-order valence-electron chi connectivity index (χ2n) is 10.8. The van der Waals surface area contributed by atoms with Crippen molar-refractivity contribution in [3.63, 3.8) is 0 Å². The van der Waals surface area contributed by atoms with Crippen molar-refractivity contribution in [2.45, 2.75) is 51.0 Å². The van der Waals surface area contributed by atoms with E-state index in [2.05, 4.69) is 15.4 Å². The second kappa shape index (κ2) is 13.6. The lowest BCUT2D eigenvalue weighted by atomic mass is 9.76. The third-order valence-corrected chi connectivity index (χ3v) is 8.02. The molecule has 0 fully saturated rings. The van der Waals surface area contributed by atoms with Crippen molar-refractivity contribution in [2.24, 2.45) is 5.41 Å². The molecule has 0 saturated carbocycles. The molecular weight excluding hydrogens is 619 g/mol. The smallest absolute Gasteiger partial charge is 0.399 e.